The molecule has 41 heavy (non-hydrogen) atoms. The number of nitrogens with one attached hydrogen (secondary N) is 1. The lowest BCUT2D eigenvalue weighted by Gasteiger charge is -2.21. The minimum Gasteiger partial charge on any atom is -0.326 e. The topological polar surface area (TPSA) is 96.7 Å². The highest BCUT2D eigenvalue weighted by Gasteiger charge is 2.36. The molecule has 1 heterocycles. The van der Waals surface area contributed by atoms with Gasteiger partial charge in [-0.2, -0.15) is 23.5 Å². The summed E-state index contributed by atoms with van der Waals surface area (Å²) < 4.78 is 56.7. The molecule has 1 fully saturated rings. The number of Topliss-reactive ketones (excluding diaryl/α,β-unsaturated/α-hetero) is 1. The Morgan fingerprint density at radius 3 is 2.54 bits per heavy atom. The maximum atomic E-state index is 15.0. The monoisotopic (exact) mass is 561 g/mol. The summed E-state index contributed by atoms with van der Waals surface area (Å²) in [5.74, 6) is -0.837. The second-order valence-electron chi connectivity index (χ2n) is 10.2. The van der Waals surface area contributed by atoms with Crippen molar-refractivity contribution in [2.45, 2.75) is 38.0 Å². The first kappa shape index (κ1) is 28.2. The first-order chi connectivity index (χ1) is 19.7. The average Bonchev–Trinajstić information content (AvgIpc) is 3.68. The fourth-order valence-electron chi connectivity index (χ4n) is 4.73. The van der Waals surface area contributed by atoms with E-state index in [9.17, 15) is 23.2 Å². The summed E-state index contributed by atoms with van der Waals surface area (Å²) in [5, 5.41) is 16.5. The Hall–Kier alpha value is -4.33. The number of benzene rings is 3. The molecule has 0 radical (unpaired) electrons. The van der Waals surface area contributed by atoms with E-state index in [4.69, 9.17) is 5.73 Å². The van der Waals surface area contributed by atoms with Gasteiger partial charge in [0.2, 0.25) is 0 Å². The zero-order valence-electron chi connectivity index (χ0n) is 22.0. The lowest BCUT2D eigenvalue weighted by atomic mass is 9.94. The molecule has 1 saturated carbocycles. The Morgan fingerprint density at radius 2 is 1.83 bits per heavy atom. The highest BCUT2D eigenvalue weighted by molar-refractivity contribution is 5.96. The van der Waals surface area contributed by atoms with Gasteiger partial charge < -0.3 is 11.1 Å². The van der Waals surface area contributed by atoms with Gasteiger partial charge in [0, 0.05) is 19.0 Å². The Kier molecular flexibility index (Phi) is 8.01. The van der Waals surface area contributed by atoms with Crippen molar-refractivity contribution < 1.29 is 22.4 Å². The van der Waals surface area contributed by atoms with Crippen LogP contribution in [-0.4, -0.2) is 22.1 Å². The van der Waals surface area contributed by atoms with Gasteiger partial charge in [-0.15, -0.1) is 0 Å². The van der Waals surface area contributed by atoms with Crippen molar-refractivity contribution >= 4 is 5.78 Å². The fourth-order valence-corrected chi connectivity index (χ4v) is 4.73. The predicted molar refractivity (Wildman–Crippen MR) is 145 cm³/mol. The number of alkyl halides is 3. The standard InChI is InChI=1S/C31H27F4N5O/c32-26-10-9-23(30(38-18-19-7-8-19)22-5-1-3-20(11-22)16-36)13-24(26)14-28(41)27-15-29(31(33,34)35)39-40(27)25-6-2-4-21(12-25)17-37/h1-6,9-13,15,19,30,38H,7-8,14,17-18,37H2. The van der Waals surface area contributed by atoms with Gasteiger partial charge in [0.15, 0.2) is 11.5 Å². The first-order valence-corrected chi connectivity index (χ1v) is 13.2. The quantitative estimate of drug-likeness (QED) is 0.186. The number of nitriles is 1. The van der Waals surface area contributed by atoms with E-state index in [2.05, 4.69) is 16.5 Å². The van der Waals surface area contributed by atoms with Crippen molar-refractivity contribution in [2.75, 3.05) is 6.54 Å². The number of nitrogens with zero attached hydrogens (tertiary/aromatic N) is 3. The van der Waals surface area contributed by atoms with Crippen LogP contribution >= 0.6 is 0 Å². The van der Waals surface area contributed by atoms with E-state index < -0.39 is 29.9 Å². The Labute approximate surface area is 234 Å². The SMILES string of the molecule is N#Cc1cccc(C(NCC2CC2)c2ccc(F)c(CC(=O)c3cc(C(F)(F)F)nn3-c3cccc(CN)c3)c2)c1. The number of hydrogen-bond acceptors (Lipinski definition) is 5. The number of aromatic nitrogens is 2. The summed E-state index contributed by atoms with van der Waals surface area (Å²) in [6.45, 7) is 0.879. The van der Waals surface area contributed by atoms with Gasteiger partial charge >= 0.3 is 6.18 Å². The van der Waals surface area contributed by atoms with Gasteiger partial charge in [-0.05, 0) is 77.9 Å². The van der Waals surface area contributed by atoms with E-state index in [-0.39, 0.29) is 29.5 Å². The summed E-state index contributed by atoms with van der Waals surface area (Å²) in [6.07, 6.45) is -3.03. The number of ketones is 1. The number of hydrogen-bond donors (Lipinski definition) is 2. The molecule has 10 heteroatoms. The maximum Gasteiger partial charge on any atom is 0.435 e. The summed E-state index contributed by atoms with van der Waals surface area (Å²) in [6, 6.07) is 20.3. The lowest BCUT2D eigenvalue weighted by molar-refractivity contribution is -0.141. The molecular weight excluding hydrogens is 534 g/mol. The van der Waals surface area contributed by atoms with Crippen LogP contribution in [0.1, 0.15) is 62.9 Å². The maximum absolute atomic E-state index is 15.0. The van der Waals surface area contributed by atoms with Gasteiger partial charge in [-0.3, -0.25) is 4.79 Å². The van der Waals surface area contributed by atoms with Crippen LogP contribution in [0.5, 0.6) is 0 Å². The molecule has 0 bridgehead atoms. The fraction of sp³-hybridized carbons (Fsp3) is 0.258. The van der Waals surface area contributed by atoms with Gasteiger partial charge in [0.05, 0.1) is 23.4 Å². The van der Waals surface area contributed by atoms with Crippen molar-refractivity contribution in [2.24, 2.45) is 11.7 Å². The van der Waals surface area contributed by atoms with Crippen molar-refractivity contribution in [3.63, 3.8) is 0 Å². The van der Waals surface area contributed by atoms with Crippen LogP contribution in [0, 0.1) is 23.1 Å². The number of nitrogens with two attached hydrogens (primary N) is 1. The zero-order valence-corrected chi connectivity index (χ0v) is 22.0. The number of carbonyl (C=O) groups excluding carboxylic acids is 1. The minimum atomic E-state index is -4.78. The normalized spacial score (nSPS) is 14.0. The minimum absolute atomic E-state index is 0.0409. The molecule has 0 spiro atoms. The molecule has 5 rings (SSSR count). The Bertz CT molecular complexity index is 1620. The van der Waals surface area contributed by atoms with Crippen molar-refractivity contribution in [3.8, 4) is 11.8 Å². The third kappa shape index (κ3) is 6.53. The van der Waals surface area contributed by atoms with Crippen LogP contribution in [0.15, 0.2) is 72.8 Å². The van der Waals surface area contributed by atoms with E-state index in [1.807, 2.05) is 6.07 Å². The van der Waals surface area contributed by atoms with Crippen LogP contribution < -0.4 is 11.1 Å². The smallest absolute Gasteiger partial charge is 0.326 e. The van der Waals surface area contributed by atoms with Crippen molar-refractivity contribution in [1.29, 1.82) is 5.26 Å². The van der Waals surface area contributed by atoms with Gasteiger partial charge in [-0.25, -0.2) is 9.07 Å². The molecule has 1 aliphatic rings. The number of carbonyl (C=O) groups is 1. The molecule has 4 aromatic rings. The largest absolute Gasteiger partial charge is 0.435 e. The molecule has 0 aliphatic heterocycles. The van der Waals surface area contributed by atoms with Crippen LogP contribution in [0.3, 0.4) is 0 Å². The molecule has 0 amide bonds. The molecule has 1 aromatic heterocycles. The van der Waals surface area contributed by atoms with Crippen LogP contribution in [0.2, 0.25) is 0 Å². The summed E-state index contributed by atoms with van der Waals surface area (Å²) >= 11 is 0. The lowest BCUT2D eigenvalue weighted by Crippen LogP contribution is -2.25. The molecule has 3 N–H and O–H groups in total. The second kappa shape index (κ2) is 11.6. The average molecular weight is 562 g/mol. The molecule has 210 valence electrons. The van der Waals surface area contributed by atoms with Gasteiger partial charge in [0.1, 0.15) is 11.5 Å². The van der Waals surface area contributed by atoms with E-state index in [1.165, 1.54) is 12.1 Å². The Morgan fingerprint density at radius 1 is 1.07 bits per heavy atom. The van der Waals surface area contributed by atoms with E-state index in [1.54, 1.807) is 48.5 Å². The molecular formula is C31H27F4N5O. The Balaban J connectivity index is 1.49. The predicted octanol–water partition coefficient (Wildman–Crippen LogP) is 5.87. The van der Waals surface area contributed by atoms with Crippen molar-refractivity contribution in [1.82, 2.24) is 15.1 Å². The molecule has 0 saturated heterocycles. The summed E-state index contributed by atoms with van der Waals surface area (Å²) in [7, 11) is 0. The van der Waals surface area contributed by atoms with Crippen LogP contribution in [0.25, 0.3) is 5.69 Å². The molecule has 6 nitrogen and oxygen atoms in total. The molecule has 1 unspecified atom stereocenters. The summed E-state index contributed by atoms with van der Waals surface area (Å²) in [5.41, 5.74) is 7.02. The third-order valence-corrected chi connectivity index (χ3v) is 7.09. The summed E-state index contributed by atoms with van der Waals surface area (Å²) in [4.78, 5) is 13.4. The van der Waals surface area contributed by atoms with E-state index >= 15 is 4.39 Å². The van der Waals surface area contributed by atoms with Crippen LogP contribution in [-0.2, 0) is 19.1 Å². The highest BCUT2D eigenvalue weighted by atomic mass is 19.4. The van der Waals surface area contributed by atoms with E-state index in [0.717, 1.165) is 29.6 Å². The third-order valence-electron chi connectivity index (χ3n) is 7.09. The number of halogens is 4. The second-order valence-corrected chi connectivity index (χ2v) is 10.2. The molecule has 1 aliphatic carbocycles. The zero-order chi connectivity index (χ0) is 29.1. The van der Waals surface area contributed by atoms with Gasteiger partial charge in [0.25, 0.3) is 0 Å². The first-order valence-electron chi connectivity index (χ1n) is 13.2. The highest BCUT2D eigenvalue weighted by Crippen LogP contribution is 2.32. The van der Waals surface area contributed by atoms with Gasteiger partial charge in [-0.1, -0.05) is 36.4 Å². The van der Waals surface area contributed by atoms with E-state index in [0.29, 0.717) is 28.7 Å². The number of rotatable bonds is 10. The molecule has 1 atom stereocenters. The van der Waals surface area contributed by atoms with Crippen molar-refractivity contribution in [3.05, 3.63) is 118 Å². The molecule has 3 aromatic carbocycles. The van der Waals surface area contributed by atoms with Crippen LogP contribution in [0.4, 0.5) is 17.6 Å².